The molecule has 0 radical (unpaired) electrons. The number of aromatic nitrogens is 4. The topological polar surface area (TPSA) is 46.5 Å². The van der Waals surface area contributed by atoms with Crippen molar-refractivity contribution in [3.05, 3.63) is 22.8 Å². The predicted octanol–water partition coefficient (Wildman–Crippen LogP) is 3.11. The normalized spacial score (nSPS) is 22.6. The molecule has 19 heavy (non-hydrogen) atoms. The van der Waals surface area contributed by atoms with E-state index in [1.165, 1.54) is 23.5 Å². The van der Waals surface area contributed by atoms with Crippen molar-refractivity contribution in [1.29, 1.82) is 0 Å². The number of fused-ring (bicyclic) bond motifs is 1. The van der Waals surface area contributed by atoms with Gasteiger partial charge >= 0.3 is 0 Å². The van der Waals surface area contributed by atoms with Gasteiger partial charge in [0.1, 0.15) is 5.82 Å². The van der Waals surface area contributed by atoms with E-state index in [9.17, 15) is 0 Å². The Morgan fingerprint density at radius 1 is 1.26 bits per heavy atom. The number of imidazole rings is 1. The van der Waals surface area contributed by atoms with Crippen LogP contribution in [0.5, 0.6) is 0 Å². The molecule has 2 aromatic heterocycles. The molecular formula is C15H22N4. The molecule has 2 aromatic rings. The second kappa shape index (κ2) is 4.22. The van der Waals surface area contributed by atoms with Crippen LogP contribution in [0.2, 0.25) is 0 Å². The third-order valence-electron chi connectivity index (χ3n) is 4.33. The number of aryl methyl sites for hydroxylation is 2. The van der Waals surface area contributed by atoms with E-state index in [-0.39, 0.29) is 0 Å². The van der Waals surface area contributed by atoms with Gasteiger partial charge in [-0.1, -0.05) is 13.8 Å². The molecule has 0 fully saturated rings. The number of rotatable bonds is 1. The summed E-state index contributed by atoms with van der Waals surface area (Å²) in [4.78, 5) is 8.40. The number of nitrogens with zero attached hydrogens (tertiary/aromatic N) is 3. The summed E-state index contributed by atoms with van der Waals surface area (Å²) in [6.07, 6.45) is 2.35. The van der Waals surface area contributed by atoms with E-state index < -0.39 is 0 Å². The van der Waals surface area contributed by atoms with Crippen molar-refractivity contribution in [2.24, 2.45) is 13.0 Å². The smallest absolute Gasteiger partial charge is 0.141 e. The van der Waals surface area contributed by atoms with E-state index in [0.29, 0.717) is 5.92 Å². The maximum absolute atomic E-state index is 4.86. The van der Waals surface area contributed by atoms with Gasteiger partial charge in [-0.15, -0.1) is 0 Å². The lowest BCUT2D eigenvalue weighted by Gasteiger charge is -2.22. The number of H-pyrrole nitrogens is 1. The Kier molecular flexibility index (Phi) is 2.77. The van der Waals surface area contributed by atoms with E-state index in [2.05, 4.69) is 37.8 Å². The third-order valence-corrected chi connectivity index (χ3v) is 4.33. The van der Waals surface area contributed by atoms with Crippen LogP contribution in [0, 0.1) is 19.8 Å². The van der Waals surface area contributed by atoms with Gasteiger partial charge in [-0.25, -0.2) is 4.98 Å². The molecule has 2 heterocycles. The van der Waals surface area contributed by atoms with Crippen LogP contribution >= 0.6 is 0 Å². The Labute approximate surface area is 114 Å². The van der Waals surface area contributed by atoms with Gasteiger partial charge in [0.15, 0.2) is 0 Å². The second-order valence-corrected chi connectivity index (χ2v) is 6.06. The molecule has 0 amide bonds. The highest BCUT2D eigenvalue weighted by Gasteiger charge is 2.26. The molecule has 0 aromatic carbocycles. The zero-order valence-corrected chi connectivity index (χ0v) is 12.4. The monoisotopic (exact) mass is 258 g/mol. The summed E-state index contributed by atoms with van der Waals surface area (Å²) < 4.78 is 1.93. The maximum atomic E-state index is 4.86. The van der Waals surface area contributed by atoms with Gasteiger partial charge in [0, 0.05) is 24.4 Å². The fourth-order valence-corrected chi connectivity index (χ4v) is 3.37. The minimum absolute atomic E-state index is 0.557. The highest BCUT2D eigenvalue weighted by molar-refractivity contribution is 5.62. The van der Waals surface area contributed by atoms with Crippen molar-refractivity contribution in [2.45, 2.75) is 46.5 Å². The molecule has 102 valence electrons. The van der Waals surface area contributed by atoms with E-state index >= 15 is 0 Å². The fourth-order valence-electron chi connectivity index (χ4n) is 3.37. The van der Waals surface area contributed by atoms with E-state index in [4.69, 9.17) is 4.98 Å². The Hall–Kier alpha value is -1.58. The minimum Gasteiger partial charge on any atom is -0.341 e. The van der Waals surface area contributed by atoms with E-state index in [1.54, 1.807) is 0 Å². The van der Waals surface area contributed by atoms with Crippen molar-refractivity contribution in [1.82, 2.24) is 19.7 Å². The molecule has 2 unspecified atom stereocenters. The largest absolute Gasteiger partial charge is 0.341 e. The van der Waals surface area contributed by atoms with E-state index in [1.807, 2.05) is 11.7 Å². The lowest BCUT2D eigenvalue weighted by Crippen LogP contribution is -2.14. The van der Waals surface area contributed by atoms with Gasteiger partial charge in [0.05, 0.1) is 17.0 Å². The molecule has 1 aliphatic rings. The average molecular weight is 258 g/mol. The van der Waals surface area contributed by atoms with Crippen LogP contribution in [0.4, 0.5) is 0 Å². The highest BCUT2D eigenvalue weighted by Crippen LogP contribution is 2.35. The van der Waals surface area contributed by atoms with Gasteiger partial charge in [-0.2, -0.15) is 5.10 Å². The van der Waals surface area contributed by atoms with Crippen LogP contribution in [0.15, 0.2) is 0 Å². The van der Waals surface area contributed by atoms with Gasteiger partial charge in [0.2, 0.25) is 0 Å². The predicted molar refractivity (Wildman–Crippen MR) is 76.2 cm³/mol. The summed E-state index contributed by atoms with van der Waals surface area (Å²) in [5, 5.41) is 4.48. The van der Waals surface area contributed by atoms with Crippen LogP contribution in [-0.4, -0.2) is 19.7 Å². The summed E-state index contributed by atoms with van der Waals surface area (Å²) >= 11 is 0. The zero-order chi connectivity index (χ0) is 13.7. The Morgan fingerprint density at radius 2 is 2.00 bits per heavy atom. The lowest BCUT2D eigenvalue weighted by atomic mass is 9.84. The van der Waals surface area contributed by atoms with Crippen LogP contribution < -0.4 is 0 Å². The van der Waals surface area contributed by atoms with Gasteiger partial charge in [-0.3, -0.25) is 4.68 Å². The number of hydrogen-bond acceptors (Lipinski definition) is 2. The molecule has 0 aliphatic heterocycles. The van der Waals surface area contributed by atoms with Crippen LogP contribution in [0.1, 0.15) is 49.0 Å². The molecule has 3 rings (SSSR count). The molecule has 0 bridgehead atoms. The van der Waals surface area contributed by atoms with Crippen LogP contribution in [0.25, 0.3) is 11.4 Å². The first-order chi connectivity index (χ1) is 8.97. The molecular weight excluding hydrogens is 236 g/mol. The molecule has 0 saturated carbocycles. The number of aromatic amines is 1. The first kappa shape index (κ1) is 12.5. The fraction of sp³-hybridized carbons (Fsp3) is 0.600. The van der Waals surface area contributed by atoms with Gasteiger partial charge in [-0.05, 0) is 32.6 Å². The third kappa shape index (κ3) is 1.90. The standard InChI is InChI=1S/C15H22N4/c1-8-6-9(2)14-12(7-8)16-15(17-14)13-10(3)18-19(5)11(13)4/h8-9H,6-7H2,1-5H3,(H,16,17). The van der Waals surface area contributed by atoms with Crippen molar-refractivity contribution >= 4 is 0 Å². The summed E-state index contributed by atoms with van der Waals surface area (Å²) in [6, 6.07) is 0. The first-order valence-corrected chi connectivity index (χ1v) is 7.06. The lowest BCUT2D eigenvalue weighted by molar-refractivity contribution is 0.440. The molecule has 0 saturated heterocycles. The zero-order valence-electron chi connectivity index (χ0n) is 12.4. The van der Waals surface area contributed by atoms with Crippen molar-refractivity contribution < 1.29 is 0 Å². The number of hydrogen-bond donors (Lipinski definition) is 1. The quantitative estimate of drug-likeness (QED) is 0.854. The van der Waals surface area contributed by atoms with Crippen LogP contribution in [-0.2, 0) is 13.5 Å². The number of nitrogens with one attached hydrogen (secondary N) is 1. The molecule has 4 heteroatoms. The van der Waals surface area contributed by atoms with Gasteiger partial charge in [0.25, 0.3) is 0 Å². The first-order valence-electron chi connectivity index (χ1n) is 7.06. The summed E-state index contributed by atoms with van der Waals surface area (Å²) in [5.41, 5.74) is 5.97. The van der Waals surface area contributed by atoms with Gasteiger partial charge < -0.3 is 4.98 Å². The minimum atomic E-state index is 0.557. The van der Waals surface area contributed by atoms with Crippen molar-refractivity contribution in [3.8, 4) is 11.4 Å². The van der Waals surface area contributed by atoms with Crippen molar-refractivity contribution in [3.63, 3.8) is 0 Å². The SMILES string of the molecule is Cc1nn(C)c(C)c1-c1nc2c([nH]1)CC(C)CC2C. The molecule has 4 nitrogen and oxygen atoms in total. The van der Waals surface area contributed by atoms with Crippen LogP contribution in [0.3, 0.4) is 0 Å². The molecule has 1 N–H and O–H groups in total. The Morgan fingerprint density at radius 3 is 2.63 bits per heavy atom. The molecule has 1 aliphatic carbocycles. The average Bonchev–Trinajstić information content (AvgIpc) is 2.81. The summed E-state index contributed by atoms with van der Waals surface area (Å²) in [7, 11) is 1.99. The maximum Gasteiger partial charge on any atom is 0.141 e. The summed E-state index contributed by atoms with van der Waals surface area (Å²) in [6.45, 7) is 8.75. The van der Waals surface area contributed by atoms with E-state index in [0.717, 1.165) is 29.4 Å². The molecule has 0 spiro atoms. The Bertz CT molecular complexity index is 620. The van der Waals surface area contributed by atoms with Crippen molar-refractivity contribution in [2.75, 3.05) is 0 Å². The highest BCUT2D eigenvalue weighted by atomic mass is 15.3. The second-order valence-electron chi connectivity index (χ2n) is 6.06. The molecule has 2 atom stereocenters. The Balaban J connectivity index is 2.10. The summed E-state index contributed by atoms with van der Waals surface area (Å²) in [5.74, 6) is 2.29.